The van der Waals surface area contributed by atoms with Gasteiger partial charge in [-0.15, -0.1) is 0 Å². The SMILES string of the molecule is CCc1cc(Br)ccc1-n1c(O)c(C=Nc2ccc(C34CC5CC(CC(C5)C3)C4)cc2)c(=O)[nH]c1=O. The first-order chi connectivity index (χ1) is 17.3. The highest BCUT2D eigenvalue weighted by molar-refractivity contribution is 9.10. The molecule has 4 saturated carbocycles. The average Bonchev–Trinajstić information content (AvgIpc) is 2.84. The largest absolute Gasteiger partial charge is 0.493 e. The summed E-state index contributed by atoms with van der Waals surface area (Å²) < 4.78 is 2.00. The molecule has 0 radical (unpaired) electrons. The molecule has 1 heterocycles. The number of aliphatic imine (C=N–C) groups is 1. The number of hydrogen-bond donors (Lipinski definition) is 2. The molecule has 7 heteroatoms. The summed E-state index contributed by atoms with van der Waals surface area (Å²) in [6, 6.07) is 13.8. The molecule has 0 saturated heterocycles. The first-order valence-electron chi connectivity index (χ1n) is 12.9. The Labute approximate surface area is 218 Å². The van der Waals surface area contributed by atoms with Gasteiger partial charge in [0.1, 0.15) is 5.56 Å². The lowest BCUT2D eigenvalue weighted by Crippen LogP contribution is -2.48. The minimum Gasteiger partial charge on any atom is -0.493 e. The number of halogens is 1. The van der Waals surface area contributed by atoms with Crippen LogP contribution in [-0.4, -0.2) is 20.9 Å². The third-order valence-corrected chi connectivity index (χ3v) is 9.14. The fourth-order valence-corrected chi connectivity index (χ4v) is 7.85. The van der Waals surface area contributed by atoms with E-state index >= 15 is 0 Å². The lowest BCUT2D eigenvalue weighted by atomic mass is 9.48. The molecule has 0 amide bonds. The third-order valence-electron chi connectivity index (χ3n) is 8.64. The zero-order chi connectivity index (χ0) is 25.0. The summed E-state index contributed by atoms with van der Waals surface area (Å²) >= 11 is 3.44. The molecule has 1 aromatic heterocycles. The second-order valence-corrected chi connectivity index (χ2v) is 11.9. The molecule has 0 spiro atoms. The minimum atomic E-state index is -0.688. The number of aromatic nitrogens is 2. The Morgan fingerprint density at radius 1 is 1.06 bits per heavy atom. The highest BCUT2D eigenvalue weighted by atomic mass is 79.9. The fourth-order valence-electron chi connectivity index (χ4n) is 7.44. The molecule has 2 aromatic carbocycles. The summed E-state index contributed by atoms with van der Waals surface area (Å²) in [4.78, 5) is 32.0. The van der Waals surface area contributed by atoms with Gasteiger partial charge in [-0.1, -0.05) is 35.0 Å². The van der Waals surface area contributed by atoms with E-state index in [1.807, 2.05) is 25.1 Å². The molecule has 4 aliphatic rings. The number of benzene rings is 2. The molecule has 3 aromatic rings. The summed E-state index contributed by atoms with van der Waals surface area (Å²) in [6.07, 6.45) is 10.2. The maximum Gasteiger partial charge on any atom is 0.335 e. The standard InChI is InChI=1S/C29H30BrN3O3/c1-2-20-12-22(30)5-8-25(20)33-27(35)24(26(34)32-28(33)36)16-31-23-6-3-21(4-7-23)29-13-17-9-18(14-29)11-19(10-17)15-29/h3-8,12,16-19,35H,2,9-11,13-15H2,1H3,(H,32,34,36). The van der Waals surface area contributed by atoms with E-state index in [4.69, 9.17) is 0 Å². The quantitative estimate of drug-likeness (QED) is 0.397. The molecular weight excluding hydrogens is 518 g/mol. The zero-order valence-corrected chi connectivity index (χ0v) is 21.9. The Kier molecular flexibility index (Phi) is 5.78. The number of nitrogens with zero attached hydrogens (tertiary/aromatic N) is 2. The third kappa shape index (κ3) is 3.97. The van der Waals surface area contributed by atoms with Crippen molar-refractivity contribution in [2.45, 2.75) is 57.3 Å². The molecule has 2 N–H and O–H groups in total. The van der Waals surface area contributed by atoms with Crippen molar-refractivity contribution < 1.29 is 5.11 Å². The van der Waals surface area contributed by atoms with Gasteiger partial charge in [0.15, 0.2) is 0 Å². The van der Waals surface area contributed by atoms with Crippen molar-refractivity contribution in [3.63, 3.8) is 0 Å². The summed E-state index contributed by atoms with van der Waals surface area (Å²) in [7, 11) is 0. The van der Waals surface area contributed by atoms with Crippen LogP contribution < -0.4 is 11.2 Å². The van der Waals surface area contributed by atoms with Crippen LogP contribution in [0.2, 0.25) is 0 Å². The topological polar surface area (TPSA) is 87.4 Å². The lowest BCUT2D eigenvalue weighted by molar-refractivity contribution is -0.00518. The van der Waals surface area contributed by atoms with Gasteiger partial charge >= 0.3 is 5.69 Å². The van der Waals surface area contributed by atoms with E-state index in [9.17, 15) is 14.7 Å². The molecule has 0 unspecified atom stereocenters. The Hall–Kier alpha value is -2.93. The van der Waals surface area contributed by atoms with Crippen molar-refractivity contribution in [3.05, 3.63) is 84.5 Å². The van der Waals surface area contributed by atoms with Crippen LogP contribution in [0.5, 0.6) is 5.88 Å². The maximum absolute atomic E-state index is 12.6. The van der Waals surface area contributed by atoms with Crippen LogP contribution in [0.3, 0.4) is 0 Å². The summed E-state index contributed by atoms with van der Waals surface area (Å²) in [5, 5.41) is 11.0. The molecule has 4 aliphatic carbocycles. The Morgan fingerprint density at radius 3 is 2.31 bits per heavy atom. The van der Waals surface area contributed by atoms with E-state index in [0.29, 0.717) is 23.2 Å². The highest BCUT2D eigenvalue weighted by Gasteiger charge is 2.51. The second-order valence-electron chi connectivity index (χ2n) is 11.0. The van der Waals surface area contributed by atoms with Crippen LogP contribution in [0.4, 0.5) is 5.69 Å². The van der Waals surface area contributed by atoms with Gasteiger partial charge in [0.25, 0.3) is 5.56 Å². The van der Waals surface area contributed by atoms with Crippen LogP contribution >= 0.6 is 15.9 Å². The number of aromatic amines is 1. The molecule has 186 valence electrons. The van der Waals surface area contributed by atoms with Crippen LogP contribution in [0.25, 0.3) is 5.69 Å². The Morgan fingerprint density at radius 2 is 1.69 bits per heavy atom. The van der Waals surface area contributed by atoms with E-state index in [1.165, 1.54) is 50.3 Å². The molecule has 0 aliphatic heterocycles. The van der Waals surface area contributed by atoms with E-state index in [2.05, 4.69) is 38.0 Å². The van der Waals surface area contributed by atoms with Gasteiger partial charge in [-0.25, -0.2) is 9.36 Å². The average molecular weight is 548 g/mol. The van der Waals surface area contributed by atoms with Crippen molar-refractivity contribution in [3.8, 4) is 11.6 Å². The number of aromatic hydroxyl groups is 1. The number of aryl methyl sites for hydroxylation is 1. The Bertz CT molecular complexity index is 1430. The van der Waals surface area contributed by atoms with Gasteiger partial charge in [0.05, 0.1) is 11.4 Å². The summed E-state index contributed by atoms with van der Waals surface area (Å²) in [5.74, 6) is 2.24. The monoisotopic (exact) mass is 547 g/mol. The first kappa shape index (κ1) is 23.5. The molecule has 0 atom stereocenters. The van der Waals surface area contributed by atoms with Crippen LogP contribution in [0.15, 0.2) is 61.5 Å². The molecule has 36 heavy (non-hydrogen) atoms. The van der Waals surface area contributed by atoms with Crippen LogP contribution in [0.1, 0.15) is 62.1 Å². The number of rotatable bonds is 5. The van der Waals surface area contributed by atoms with Gasteiger partial charge in [0.2, 0.25) is 5.88 Å². The van der Waals surface area contributed by atoms with Gasteiger partial charge in [-0.3, -0.25) is 14.8 Å². The van der Waals surface area contributed by atoms with Crippen molar-refractivity contribution in [2.75, 3.05) is 0 Å². The number of nitrogens with one attached hydrogen (secondary N) is 1. The molecular formula is C29H30BrN3O3. The van der Waals surface area contributed by atoms with E-state index in [1.54, 1.807) is 12.1 Å². The van der Waals surface area contributed by atoms with Gasteiger partial charge in [-0.05, 0) is 110 Å². The molecule has 7 rings (SSSR count). The second kappa shape index (κ2) is 8.87. The van der Waals surface area contributed by atoms with E-state index in [0.717, 1.165) is 32.4 Å². The van der Waals surface area contributed by atoms with E-state index < -0.39 is 17.1 Å². The zero-order valence-electron chi connectivity index (χ0n) is 20.3. The van der Waals surface area contributed by atoms with E-state index in [-0.39, 0.29) is 5.56 Å². The van der Waals surface area contributed by atoms with Gasteiger partial charge < -0.3 is 5.11 Å². The molecule has 6 nitrogen and oxygen atoms in total. The van der Waals surface area contributed by atoms with Gasteiger partial charge in [-0.2, -0.15) is 0 Å². The first-order valence-corrected chi connectivity index (χ1v) is 13.7. The molecule has 4 bridgehead atoms. The van der Waals surface area contributed by atoms with Crippen LogP contribution in [-0.2, 0) is 11.8 Å². The normalized spacial score (nSPS) is 26.7. The van der Waals surface area contributed by atoms with Gasteiger partial charge in [0, 0.05) is 10.7 Å². The predicted molar refractivity (Wildman–Crippen MR) is 145 cm³/mol. The van der Waals surface area contributed by atoms with Crippen molar-refractivity contribution in [2.24, 2.45) is 22.7 Å². The maximum atomic E-state index is 12.6. The summed E-state index contributed by atoms with van der Waals surface area (Å²) in [5.41, 5.74) is 2.42. The van der Waals surface area contributed by atoms with Crippen LogP contribution in [0, 0.1) is 17.8 Å². The fraction of sp³-hybridized carbons (Fsp3) is 0.414. The predicted octanol–water partition coefficient (Wildman–Crippen LogP) is 5.77. The minimum absolute atomic E-state index is 0.0512. The van der Waals surface area contributed by atoms with Crippen molar-refractivity contribution in [1.82, 2.24) is 9.55 Å². The lowest BCUT2D eigenvalue weighted by Gasteiger charge is -2.57. The number of hydrogen-bond acceptors (Lipinski definition) is 4. The smallest absolute Gasteiger partial charge is 0.335 e. The molecule has 4 fully saturated rings. The number of H-pyrrole nitrogens is 1. The highest BCUT2D eigenvalue weighted by Crippen LogP contribution is 2.60. The van der Waals surface area contributed by atoms with Crippen molar-refractivity contribution in [1.29, 1.82) is 0 Å². The Balaban J connectivity index is 1.31. The van der Waals surface area contributed by atoms with Crippen molar-refractivity contribution >= 4 is 27.8 Å². The summed E-state index contributed by atoms with van der Waals surface area (Å²) in [6.45, 7) is 1.97.